The van der Waals surface area contributed by atoms with Gasteiger partial charge in [-0.3, -0.25) is 4.90 Å². The van der Waals surface area contributed by atoms with Crippen molar-refractivity contribution in [3.8, 4) is 0 Å². The molecule has 0 unspecified atom stereocenters. The van der Waals surface area contributed by atoms with Gasteiger partial charge >= 0.3 is 0 Å². The van der Waals surface area contributed by atoms with Crippen molar-refractivity contribution in [1.29, 1.82) is 0 Å². The number of hydrogen-bond donors (Lipinski definition) is 0. The largest absolute Gasteiger partial charge is 0.304 e. The predicted octanol–water partition coefficient (Wildman–Crippen LogP) is 2.71. The normalized spacial score (nSPS) is 17.1. The summed E-state index contributed by atoms with van der Waals surface area (Å²) in [7, 11) is 2.16. The summed E-state index contributed by atoms with van der Waals surface area (Å²) in [6, 6.07) is 18.3. The van der Waals surface area contributed by atoms with Crippen LogP contribution in [-0.4, -0.2) is 63.2 Å². The molecule has 0 amide bonds. The van der Waals surface area contributed by atoms with Gasteiger partial charge in [0.2, 0.25) is 0 Å². The van der Waals surface area contributed by atoms with Crippen LogP contribution in [0.1, 0.15) is 23.0 Å². The summed E-state index contributed by atoms with van der Waals surface area (Å²) in [5.74, 6) is 0.866. The van der Waals surface area contributed by atoms with Crippen LogP contribution in [0.2, 0.25) is 5.02 Å². The molecule has 2 aromatic carbocycles. The Morgan fingerprint density at radius 2 is 1.67 bits per heavy atom. The summed E-state index contributed by atoms with van der Waals surface area (Å²) in [6.45, 7) is 4.67. The predicted molar refractivity (Wildman–Crippen MR) is 106 cm³/mol. The Kier molecular flexibility index (Phi) is 5.48. The summed E-state index contributed by atoms with van der Waals surface area (Å²) < 4.78 is 1.91. The summed E-state index contributed by atoms with van der Waals surface area (Å²) in [5.41, 5.74) is 2.34. The quantitative estimate of drug-likeness (QED) is 0.679. The number of halogens is 1. The molecule has 1 aromatic heterocycles. The zero-order valence-electron chi connectivity index (χ0n) is 15.4. The van der Waals surface area contributed by atoms with Crippen molar-refractivity contribution >= 4 is 11.6 Å². The summed E-state index contributed by atoms with van der Waals surface area (Å²) in [4.78, 5) is 4.80. The number of piperazine rings is 1. The Bertz CT molecular complexity index is 856. The average Bonchev–Trinajstić information content (AvgIpc) is 3.13. The van der Waals surface area contributed by atoms with Crippen molar-refractivity contribution in [3.05, 3.63) is 76.6 Å². The van der Waals surface area contributed by atoms with Gasteiger partial charge in [-0.05, 0) is 40.7 Å². The second-order valence-corrected chi connectivity index (χ2v) is 7.41. The van der Waals surface area contributed by atoms with Crippen molar-refractivity contribution in [2.24, 2.45) is 0 Å². The zero-order valence-corrected chi connectivity index (χ0v) is 16.1. The van der Waals surface area contributed by atoms with Gasteiger partial charge in [0.05, 0.1) is 12.6 Å². The molecule has 1 fully saturated rings. The van der Waals surface area contributed by atoms with Gasteiger partial charge in [-0.1, -0.05) is 54.1 Å². The lowest BCUT2D eigenvalue weighted by molar-refractivity contribution is 0.121. The van der Waals surface area contributed by atoms with E-state index < -0.39 is 0 Å². The molecule has 4 rings (SSSR count). The van der Waals surface area contributed by atoms with E-state index in [-0.39, 0.29) is 6.04 Å². The van der Waals surface area contributed by atoms with Crippen molar-refractivity contribution in [3.63, 3.8) is 0 Å². The van der Waals surface area contributed by atoms with Crippen LogP contribution in [0.25, 0.3) is 0 Å². The van der Waals surface area contributed by atoms with Gasteiger partial charge in [0.1, 0.15) is 0 Å². The third-order valence-electron chi connectivity index (χ3n) is 5.07. The van der Waals surface area contributed by atoms with Gasteiger partial charge in [0, 0.05) is 31.2 Å². The zero-order chi connectivity index (χ0) is 18.6. The Hall–Kier alpha value is -2.28. The first-order chi connectivity index (χ1) is 13.2. The van der Waals surface area contributed by atoms with Crippen molar-refractivity contribution in [2.75, 3.05) is 33.2 Å². The maximum atomic E-state index is 6.12. The van der Waals surface area contributed by atoms with E-state index in [1.807, 2.05) is 35.0 Å². The number of nitrogens with zero attached hydrogens (tertiary/aromatic N) is 6. The van der Waals surface area contributed by atoms with Crippen LogP contribution in [0, 0.1) is 0 Å². The third-order valence-corrected chi connectivity index (χ3v) is 5.32. The molecule has 2 heterocycles. The summed E-state index contributed by atoms with van der Waals surface area (Å²) in [5, 5.41) is 13.4. The van der Waals surface area contributed by atoms with Crippen molar-refractivity contribution in [2.45, 2.75) is 12.6 Å². The van der Waals surface area contributed by atoms with E-state index in [0.717, 1.165) is 42.6 Å². The molecule has 0 spiro atoms. The SMILES string of the molecule is CN1CCN([C@@H](c2ccc(Cl)cc2)c2nnnn2Cc2ccccc2)CC1. The minimum Gasteiger partial charge on any atom is -0.304 e. The van der Waals surface area contributed by atoms with Gasteiger partial charge in [-0.2, -0.15) is 0 Å². The number of hydrogen-bond acceptors (Lipinski definition) is 5. The number of benzene rings is 2. The molecule has 6 nitrogen and oxygen atoms in total. The third kappa shape index (κ3) is 4.18. The molecule has 0 N–H and O–H groups in total. The maximum absolute atomic E-state index is 6.12. The fraction of sp³-hybridized carbons (Fsp3) is 0.350. The number of likely N-dealkylation sites (N-methyl/N-ethyl adjacent to an activating group) is 1. The average molecular weight is 383 g/mol. The summed E-state index contributed by atoms with van der Waals surface area (Å²) >= 11 is 6.12. The van der Waals surface area contributed by atoms with Crippen LogP contribution in [0.15, 0.2) is 54.6 Å². The molecule has 0 bridgehead atoms. The van der Waals surface area contributed by atoms with E-state index in [4.69, 9.17) is 11.6 Å². The molecule has 0 radical (unpaired) electrons. The van der Waals surface area contributed by atoms with Gasteiger partial charge < -0.3 is 4.90 Å². The minimum atomic E-state index is 0.00896. The smallest absolute Gasteiger partial charge is 0.173 e. The Morgan fingerprint density at radius 1 is 0.963 bits per heavy atom. The molecule has 3 aromatic rings. The molecule has 0 saturated carbocycles. The highest BCUT2D eigenvalue weighted by Gasteiger charge is 2.29. The van der Waals surface area contributed by atoms with Crippen LogP contribution in [-0.2, 0) is 6.54 Å². The van der Waals surface area contributed by atoms with Crippen LogP contribution in [0.5, 0.6) is 0 Å². The van der Waals surface area contributed by atoms with E-state index in [2.05, 4.69) is 56.6 Å². The minimum absolute atomic E-state index is 0.00896. The van der Waals surface area contributed by atoms with Gasteiger partial charge in [0.25, 0.3) is 0 Å². The van der Waals surface area contributed by atoms with Crippen LogP contribution >= 0.6 is 11.6 Å². The van der Waals surface area contributed by atoms with E-state index >= 15 is 0 Å². The first kappa shape index (κ1) is 18.1. The van der Waals surface area contributed by atoms with E-state index in [1.54, 1.807) is 0 Å². The van der Waals surface area contributed by atoms with Crippen molar-refractivity contribution in [1.82, 2.24) is 30.0 Å². The molecular weight excluding hydrogens is 360 g/mol. The lowest BCUT2D eigenvalue weighted by Gasteiger charge is -2.37. The Balaban J connectivity index is 1.69. The molecule has 0 aliphatic carbocycles. The highest BCUT2D eigenvalue weighted by molar-refractivity contribution is 6.30. The molecule has 1 aliphatic rings. The number of tetrazole rings is 1. The maximum Gasteiger partial charge on any atom is 0.173 e. The van der Waals surface area contributed by atoms with E-state index in [9.17, 15) is 0 Å². The second-order valence-electron chi connectivity index (χ2n) is 6.97. The molecular formula is C20H23ClN6. The molecule has 1 atom stereocenters. The first-order valence-corrected chi connectivity index (χ1v) is 9.56. The molecule has 1 saturated heterocycles. The molecule has 1 aliphatic heterocycles. The van der Waals surface area contributed by atoms with Crippen LogP contribution < -0.4 is 0 Å². The highest BCUT2D eigenvalue weighted by Crippen LogP contribution is 2.29. The Morgan fingerprint density at radius 3 is 2.37 bits per heavy atom. The Labute approximate surface area is 164 Å². The van der Waals surface area contributed by atoms with Crippen LogP contribution in [0.4, 0.5) is 0 Å². The molecule has 27 heavy (non-hydrogen) atoms. The van der Waals surface area contributed by atoms with E-state index in [1.165, 1.54) is 5.56 Å². The van der Waals surface area contributed by atoms with Crippen LogP contribution in [0.3, 0.4) is 0 Å². The fourth-order valence-electron chi connectivity index (χ4n) is 3.52. The highest BCUT2D eigenvalue weighted by atomic mass is 35.5. The molecule has 7 heteroatoms. The van der Waals surface area contributed by atoms with Crippen molar-refractivity contribution < 1.29 is 0 Å². The van der Waals surface area contributed by atoms with Gasteiger partial charge in [-0.25, -0.2) is 4.68 Å². The first-order valence-electron chi connectivity index (χ1n) is 9.19. The topological polar surface area (TPSA) is 50.1 Å². The van der Waals surface area contributed by atoms with Gasteiger partial charge in [0.15, 0.2) is 5.82 Å². The monoisotopic (exact) mass is 382 g/mol. The van der Waals surface area contributed by atoms with E-state index in [0.29, 0.717) is 6.54 Å². The lowest BCUT2D eigenvalue weighted by atomic mass is 10.0. The molecule has 140 valence electrons. The lowest BCUT2D eigenvalue weighted by Crippen LogP contribution is -2.46. The number of rotatable bonds is 5. The number of aromatic nitrogens is 4. The second kappa shape index (κ2) is 8.17. The summed E-state index contributed by atoms with van der Waals surface area (Å²) in [6.07, 6.45) is 0. The van der Waals surface area contributed by atoms with Gasteiger partial charge in [-0.15, -0.1) is 5.10 Å². The fourth-order valence-corrected chi connectivity index (χ4v) is 3.65. The standard InChI is InChI=1S/C20H23ClN6/c1-25-11-13-26(14-12-25)19(17-7-9-18(21)10-8-17)20-22-23-24-27(20)15-16-5-3-2-4-6-16/h2-10,19H,11-15H2,1H3/t19-/m0/s1.